The number of hydrogen-bond acceptors (Lipinski definition) is 1. The molecule has 0 saturated heterocycles. The van der Waals surface area contributed by atoms with Crippen molar-refractivity contribution in [2.24, 2.45) is 5.73 Å². The van der Waals surface area contributed by atoms with E-state index < -0.39 is 11.7 Å². The molecular weight excluding hydrogens is 227 g/mol. The molecule has 0 heterocycles. The SMILES string of the molecule is CCC(N)CCCc1ccc(C(F)(F)F)cc1. The molecule has 4 heteroatoms. The molecule has 0 bridgehead atoms. The normalized spacial score (nSPS) is 13.7. The van der Waals surface area contributed by atoms with E-state index >= 15 is 0 Å². The average Bonchev–Trinajstić information content (AvgIpc) is 2.28. The first-order valence-electron chi connectivity index (χ1n) is 5.85. The van der Waals surface area contributed by atoms with Crippen LogP contribution >= 0.6 is 0 Å². The van der Waals surface area contributed by atoms with Gasteiger partial charge in [-0.2, -0.15) is 13.2 Å². The van der Waals surface area contributed by atoms with E-state index in [2.05, 4.69) is 0 Å². The molecule has 0 radical (unpaired) electrons. The summed E-state index contributed by atoms with van der Waals surface area (Å²) in [6, 6.07) is 5.55. The van der Waals surface area contributed by atoms with Gasteiger partial charge in [-0.15, -0.1) is 0 Å². The van der Waals surface area contributed by atoms with E-state index in [1.165, 1.54) is 0 Å². The van der Waals surface area contributed by atoms with Crippen LogP contribution in [0, 0.1) is 0 Å². The van der Waals surface area contributed by atoms with Crippen molar-refractivity contribution < 1.29 is 13.2 Å². The lowest BCUT2D eigenvalue weighted by atomic mass is 10.0. The van der Waals surface area contributed by atoms with Crippen LogP contribution in [0.4, 0.5) is 13.2 Å². The molecule has 1 aromatic rings. The summed E-state index contributed by atoms with van der Waals surface area (Å²) in [5.74, 6) is 0. The van der Waals surface area contributed by atoms with Crippen LogP contribution in [0.2, 0.25) is 0 Å². The molecule has 0 aliphatic heterocycles. The van der Waals surface area contributed by atoms with E-state index in [1.54, 1.807) is 12.1 Å². The highest BCUT2D eigenvalue weighted by Gasteiger charge is 2.29. The fourth-order valence-electron chi connectivity index (χ4n) is 1.63. The first kappa shape index (κ1) is 14.0. The van der Waals surface area contributed by atoms with Gasteiger partial charge < -0.3 is 5.73 Å². The lowest BCUT2D eigenvalue weighted by Gasteiger charge is -2.09. The molecule has 0 amide bonds. The number of alkyl halides is 3. The van der Waals surface area contributed by atoms with E-state index in [0.29, 0.717) is 0 Å². The third-order valence-electron chi connectivity index (χ3n) is 2.85. The van der Waals surface area contributed by atoms with E-state index in [9.17, 15) is 13.2 Å². The predicted molar refractivity (Wildman–Crippen MR) is 62.6 cm³/mol. The monoisotopic (exact) mass is 245 g/mol. The highest BCUT2D eigenvalue weighted by atomic mass is 19.4. The molecule has 1 rings (SSSR count). The van der Waals surface area contributed by atoms with Crippen molar-refractivity contribution in [2.45, 2.75) is 44.8 Å². The Kier molecular flexibility index (Phi) is 5.00. The van der Waals surface area contributed by atoms with Gasteiger partial charge in [0.25, 0.3) is 0 Å². The number of hydrogen-bond donors (Lipinski definition) is 1. The zero-order valence-electron chi connectivity index (χ0n) is 9.93. The standard InChI is InChI=1S/C13H18F3N/c1-2-12(17)5-3-4-10-6-8-11(9-7-10)13(14,15)16/h6-9,12H,2-5,17H2,1H3. The molecule has 0 aliphatic rings. The van der Waals surface area contributed by atoms with E-state index in [4.69, 9.17) is 5.73 Å². The summed E-state index contributed by atoms with van der Waals surface area (Å²) < 4.78 is 36.9. The van der Waals surface area contributed by atoms with E-state index in [0.717, 1.165) is 43.4 Å². The summed E-state index contributed by atoms with van der Waals surface area (Å²) in [7, 11) is 0. The fraction of sp³-hybridized carbons (Fsp3) is 0.538. The maximum absolute atomic E-state index is 12.3. The Hall–Kier alpha value is -1.03. The molecule has 96 valence electrons. The van der Waals surface area contributed by atoms with Gasteiger partial charge in [0.1, 0.15) is 0 Å². The van der Waals surface area contributed by atoms with Gasteiger partial charge in [0.05, 0.1) is 5.56 Å². The van der Waals surface area contributed by atoms with Crippen LogP contribution in [0.5, 0.6) is 0 Å². The summed E-state index contributed by atoms with van der Waals surface area (Å²) in [5, 5.41) is 0. The maximum Gasteiger partial charge on any atom is 0.416 e. The summed E-state index contributed by atoms with van der Waals surface area (Å²) in [6.45, 7) is 2.03. The van der Waals surface area contributed by atoms with Gasteiger partial charge in [-0.3, -0.25) is 0 Å². The van der Waals surface area contributed by atoms with Gasteiger partial charge >= 0.3 is 6.18 Å². The Morgan fingerprint density at radius 3 is 2.24 bits per heavy atom. The van der Waals surface area contributed by atoms with Gasteiger partial charge in [0, 0.05) is 6.04 Å². The Labute approximate surface area is 99.8 Å². The molecule has 1 aromatic carbocycles. The molecule has 0 saturated carbocycles. The van der Waals surface area contributed by atoms with Gasteiger partial charge in [-0.25, -0.2) is 0 Å². The molecule has 1 nitrogen and oxygen atoms in total. The van der Waals surface area contributed by atoms with Gasteiger partial charge in [0.15, 0.2) is 0 Å². The third-order valence-corrected chi connectivity index (χ3v) is 2.85. The number of aryl methyl sites for hydroxylation is 1. The predicted octanol–water partition coefficient (Wildman–Crippen LogP) is 3.77. The second-order valence-electron chi connectivity index (χ2n) is 4.26. The second-order valence-corrected chi connectivity index (χ2v) is 4.26. The van der Waals surface area contributed by atoms with Crippen molar-refractivity contribution in [1.82, 2.24) is 0 Å². The molecule has 0 spiro atoms. The minimum atomic E-state index is -4.25. The Bertz CT molecular complexity index is 330. The first-order chi connectivity index (χ1) is 7.93. The van der Waals surface area contributed by atoms with E-state index in [1.807, 2.05) is 6.92 Å². The topological polar surface area (TPSA) is 26.0 Å². The number of halogens is 3. The van der Waals surface area contributed by atoms with Crippen molar-refractivity contribution >= 4 is 0 Å². The lowest BCUT2D eigenvalue weighted by Crippen LogP contribution is -2.18. The van der Waals surface area contributed by atoms with Crippen molar-refractivity contribution in [3.63, 3.8) is 0 Å². The molecule has 0 aliphatic carbocycles. The Morgan fingerprint density at radius 2 is 1.76 bits per heavy atom. The maximum atomic E-state index is 12.3. The van der Waals surface area contributed by atoms with Gasteiger partial charge in [0.2, 0.25) is 0 Å². The smallest absolute Gasteiger partial charge is 0.328 e. The number of rotatable bonds is 5. The average molecular weight is 245 g/mol. The summed E-state index contributed by atoms with van der Waals surface area (Å²) in [6.07, 6.45) is -0.695. The zero-order chi connectivity index (χ0) is 12.9. The van der Waals surface area contributed by atoms with Crippen LogP contribution in [-0.4, -0.2) is 6.04 Å². The molecule has 2 N–H and O–H groups in total. The number of nitrogens with two attached hydrogens (primary N) is 1. The fourth-order valence-corrected chi connectivity index (χ4v) is 1.63. The molecular formula is C13H18F3N. The molecule has 17 heavy (non-hydrogen) atoms. The summed E-state index contributed by atoms with van der Waals surface area (Å²) >= 11 is 0. The van der Waals surface area contributed by atoms with Gasteiger partial charge in [-0.05, 0) is 43.4 Å². The minimum Gasteiger partial charge on any atom is -0.328 e. The van der Waals surface area contributed by atoms with Crippen LogP contribution in [0.3, 0.4) is 0 Å². The largest absolute Gasteiger partial charge is 0.416 e. The lowest BCUT2D eigenvalue weighted by molar-refractivity contribution is -0.137. The number of benzene rings is 1. The highest BCUT2D eigenvalue weighted by Crippen LogP contribution is 2.29. The summed E-state index contributed by atoms with van der Waals surface area (Å²) in [5.41, 5.74) is 6.11. The quantitative estimate of drug-likeness (QED) is 0.839. The first-order valence-corrected chi connectivity index (χ1v) is 5.85. The van der Waals surface area contributed by atoms with E-state index in [-0.39, 0.29) is 6.04 Å². The van der Waals surface area contributed by atoms with Crippen molar-refractivity contribution in [3.05, 3.63) is 35.4 Å². The van der Waals surface area contributed by atoms with Crippen LogP contribution in [0.25, 0.3) is 0 Å². The molecule has 1 atom stereocenters. The van der Waals surface area contributed by atoms with Crippen molar-refractivity contribution in [2.75, 3.05) is 0 Å². The third kappa shape index (κ3) is 4.77. The molecule has 1 unspecified atom stereocenters. The van der Waals surface area contributed by atoms with Crippen LogP contribution in [0.1, 0.15) is 37.3 Å². The van der Waals surface area contributed by atoms with Gasteiger partial charge in [-0.1, -0.05) is 19.1 Å². The minimum absolute atomic E-state index is 0.199. The van der Waals surface area contributed by atoms with Crippen LogP contribution < -0.4 is 5.73 Å². The van der Waals surface area contributed by atoms with Crippen LogP contribution in [-0.2, 0) is 12.6 Å². The zero-order valence-corrected chi connectivity index (χ0v) is 9.93. The second kappa shape index (κ2) is 6.05. The Morgan fingerprint density at radius 1 is 1.18 bits per heavy atom. The van der Waals surface area contributed by atoms with Crippen molar-refractivity contribution in [3.8, 4) is 0 Å². The van der Waals surface area contributed by atoms with Crippen LogP contribution in [0.15, 0.2) is 24.3 Å². The molecule has 0 aromatic heterocycles. The molecule has 0 fully saturated rings. The summed E-state index contributed by atoms with van der Waals surface area (Å²) in [4.78, 5) is 0. The van der Waals surface area contributed by atoms with Crippen molar-refractivity contribution in [1.29, 1.82) is 0 Å². The Balaban J connectivity index is 2.46. The highest BCUT2D eigenvalue weighted by molar-refractivity contribution is 5.24.